The summed E-state index contributed by atoms with van der Waals surface area (Å²) in [6.45, 7) is 1.35. The molecule has 2 aliphatic heterocycles. The quantitative estimate of drug-likeness (QED) is 0.848. The van der Waals surface area contributed by atoms with Gasteiger partial charge in [0.05, 0.1) is 18.1 Å². The number of ether oxygens (including phenoxy) is 1. The summed E-state index contributed by atoms with van der Waals surface area (Å²) in [6, 6.07) is 13.9. The number of fused-ring (bicyclic) bond motifs is 2. The normalized spacial score (nSPS) is 18.9. The molecule has 0 radical (unpaired) electrons. The van der Waals surface area contributed by atoms with Gasteiger partial charge in [0.1, 0.15) is 5.75 Å². The molecule has 1 N–H and O–H groups in total. The molecule has 2 aromatic carbocycles. The lowest BCUT2D eigenvalue weighted by Gasteiger charge is -2.12. The number of hydrogen-bond donors (Lipinski definition) is 1. The van der Waals surface area contributed by atoms with Crippen molar-refractivity contribution in [3.05, 3.63) is 59.2 Å². The zero-order valence-electron chi connectivity index (χ0n) is 11.1. The SMILES string of the molecule is O=C(c1cccc2c1OCC2)C1CNc2ccccc21. The second-order valence-electron chi connectivity index (χ2n) is 5.28. The molecule has 4 rings (SSSR count). The Morgan fingerprint density at radius 3 is 3.00 bits per heavy atom. The van der Waals surface area contributed by atoms with E-state index in [1.165, 1.54) is 0 Å². The van der Waals surface area contributed by atoms with Gasteiger partial charge < -0.3 is 10.1 Å². The third-order valence-electron chi connectivity index (χ3n) is 4.13. The molecule has 0 spiro atoms. The number of carbonyl (C=O) groups excluding carboxylic acids is 1. The highest BCUT2D eigenvalue weighted by Crippen LogP contribution is 2.37. The van der Waals surface area contributed by atoms with Crippen LogP contribution in [-0.2, 0) is 6.42 Å². The van der Waals surface area contributed by atoms with Gasteiger partial charge in [0.25, 0.3) is 0 Å². The van der Waals surface area contributed by atoms with Gasteiger partial charge in [-0.2, -0.15) is 0 Å². The topological polar surface area (TPSA) is 38.3 Å². The summed E-state index contributed by atoms with van der Waals surface area (Å²) in [5, 5.41) is 3.31. The van der Waals surface area contributed by atoms with Crippen LogP contribution in [0.25, 0.3) is 0 Å². The molecule has 0 saturated carbocycles. The standard InChI is InChI=1S/C17H15NO2/c19-16(13-6-3-4-11-8-9-20-17(11)13)14-10-18-15-7-2-1-5-12(14)15/h1-7,14,18H,8-10H2. The van der Waals surface area contributed by atoms with Crippen LogP contribution in [0.1, 0.15) is 27.4 Å². The Hall–Kier alpha value is -2.29. The van der Waals surface area contributed by atoms with Crippen LogP contribution in [0.5, 0.6) is 5.75 Å². The van der Waals surface area contributed by atoms with E-state index in [1.54, 1.807) is 0 Å². The molecule has 0 saturated heterocycles. The van der Waals surface area contributed by atoms with E-state index in [2.05, 4.69) is 5.32 Å². The molecule has 0 aliphatic carbocycles. The fourth-order valence-electron chi connectivity index (χ4n) is 3.11. The molecule has 0 bridgehead atoms. The van der Waals surface area contributed by atoms with Crippen molar-refractivity contribution in [3.63, 3.8) is 0 Å². The van der Waals surface area contributed by atoms with E-state index in [0.29, 0.717) is 13.2 Å². The lowest BCUT2D eigenvalue weighted by molar-refractivity contribution is 0.0963. The van der Waals surface area contributed by atoms with Crippen molar-refractivity contribution in [2.45, 2.75) is 12.3 Å². The lowest BCUT2D eigenvalue weighted by atomic mass is 9.91. The monoisotopic (exact) mass is 265 g/mol. The molecule has 0 aromatic heterocycles. The maximum absolute atomic E-state index is 12.8. The lowest BCUT2D eigenvalue weighted by Crippen LogP contribution is -2.15. The van der Waals surface area contributed by atoms with Crippen molar-refractivity contribution in [1.82, 2.24) is 0 Å². The molecule has 1 atom stereocenters. The maximum Gasteiger partial charge on any atom is 0.175 e. The van der Waals surface area contributed by atoms with E-state index >= 15 is 0 Å². The number of para-hydroxylation sites is 2. The number of Topliss-reactive ketones (excluding diaryl/α,β-unsaturated/α-hetero) is 1. The predicted octanol–water partition coefficient (Wildman–Crippen LogP) is 3.01. The molecular weight excluding hydrogens is 250 g/mol. The number of benzene rings is 2. The maximum atomic E-state index is 12.8. The van der Waals surface area contributed by atoms with E-state index in [4.69, 9.17) is 4.74 Å². The van der Waals surface area contributed by atoms with Crippen LogP contribution >= 0.6 is 0 Å². The Morgan fingerprint density at radius 1 is 1.15 bits per heavy atom. The number of ketones is 1. The van der Waals surface area contributed by atoms with Crippen molar-refractivity contribution < 1.29 is 9.53 Å². The van der Waals surface area contributed by atoms with Crippen LogP contribution in [0.15, 0.2) is 42.5 Å². The van der Waals surface area contributed by atoms with E-state index in [1.807, 2.05) is 42.5 Å². The third kappa shape index (κ3) is 1.63. The zero-order valence-corrected chi connectivity index (χ0v) is 11.1. The second-order valence-corrected chi connectivity index (χ2v) is 5.28. The first-order chi connectivity index (χ1) is 9.84. The Bertz CT molecular complexity index is 693. The molecular formula is C17H15NO2. The smallest absolute Gasteiger partial charge is 0.175 e. The van der Waals surface area contributed by atoms with Gasteiger partial charge in [0.2, 0.25) is 0 Å². The van der Waals surface area contributed by atoms with Crippen LogP contribution in [-0.4, -0.2) is 18.9 Å². The first-order valence-corrected chi connectivity index (χ1v) is 6.96. The van der Waals surface area contributed by atoms with Crippen LogP contribution in [0, 0.1) is 0 Å². The van der Waals surface area contributed by atoms with Gasteiger partial charge in [0, 0.05) is 18.7 Å². The molecule has 0 fully saturated rings. The van der Waals surface area contributed by atoms with Gasteiger partial charge in [-0.3, -0.25) is 4.79 Å². The van der Waals surface area contributed by atoms with Gasteiger partial charge in [-0.15, -0.1) is 0 Å². The summed E-state index contributed by atoms with van der Waals surface area (Å²) < 4.78 is 5.66. The zero-order chi connectivity index (χ0) is 13.5. The van der Waals surface area contributed by atoms with E-state index in [9.17, 15) is 4.79 Å². The highest BCUT2D eigenvalue weighted by Gasteiger charge is 2.31. The van der Waals surface area contributed by atoms with Crippen molar-refractivity contribution in [1.29, 1.82) is 0 Å². The van der Waals surface area contributed by atoms with Gasteiger partial charge in [0.15, 0.2) is 5.78 Å². The summed E-state index contributed by atoms with van der Waals surface area (Å²) in [5.74, 6) is 0.838. The largest absolute Gasteiger partial charge is 0.492 e. The molecule has 2 heterocycles. The Balaban J connectivity index is 1.75. The van der Waals surface area contributed by atoms with Crippen molar-refractivity contribution in [2.75, 3.05) is 18.5 Å². The Morgan fingerprint density at radius 2 is 2.05 bits per heavy atom. The van der Waals surface area contributed by atoms with Crippen LogP contribution in [0.4, 0.5) is 5.69 Å². The summed E-state index contributed by atoms with van der Waals surface area (Å²) in [7, 11) is 0. The minimum atomic E-state index is -0.109. The van der Waals surface area contributed by atoms with Crippen LogP contribution < -0.4 is 10.1 Å². The highest BCUT2D eigenvalue weighted by atomic mass is 16.5. The predicted molar refractivity (Wildman–Crippen MR) is 77.6 cm³/mol. The first kappa shape index (κ1) is 11.5. The molecule has 20 heavy (non-hydrogen) atoms. The Kier molecular flexibility index (Phi) is 2.52. The fourth-order valence-corrected chi connectivity index (χ4v) is 3.11. The van der Waals surface area contributed by atoms with Crippen molar-refractivity contribution in [2.24, 2.45) is 0 Å². The van der Waals surface area contributed by atoms with Gasteiger partial charge in [-0.25, -0.2) is 0 Å². The van der Waals surface area contributed by atoms with Crippen LogP contribution in [0.3, 0.4) is 0 Å². The van der Waals surface area contributed by atoms with Gasteiger partial charge in [-0.05, 0) is 23.3 Å². The highest BCUT2D eigenvalue weighted by molar-refractivity contribution is 6.05. The fraction of sp³-hybridized carbons (Fsp3) is 0.235. The third-order valence-corrected chi connectivity index (χ3v) is 4.13. The van der Waals surface area contributed by atoms with E-state index in [-0.39, 0.29) is 11.7 Å². The number of anilines is 1. The summed E-state index contributed by atoms with van der Waals surface area (Å²) in [5.41, 5.74) is 4.03. The second kappa shape index (κ2) is 4.37. The summed E-state index contributed by atoms with van der Waals surface area (Å²) in [4.78, 5) is 12.8. The number of rotatable bonds is 2. The molecule has 2 aliphatic rings. The average molecular weight is 265 g/mol. The molecule has 100 valence electrons. The molecule has 3 nitrogen and oxygen atoms in total. The minimum Gasteiger partial charge on any atom is -0.492 e. The summed E-state index contributed by atoms with van der Waals surface area (Å²) in [6.07, 6.45) is 0.899. The average Bonchev–Trinajstić information content (AvgIpc) is 3.12. The molecule has 3 heteroatoms. The van der Waals surface area contributed by atoms with Crippen LogP contribution in [0.2, 0.25) is 0 Å². The summed E-state index contributed by atoms with van der Waals surface area (Å²) >= 11 is 0. The first-order valence-electron chi connectivity index (χ1n) is 6.96. The van der Waals surface area contributed by atoms with Crippen molar-refractivity contribution in [3.8, 4) is 5.75 Å². The minimum absolute atomic E-state index is 0.109. The number of carbonyl (C=O) groups is 1. The Labute approximate surface area is 117 Å². The van der Waals surface area contributed by atoms with Crippen molar-refractivity contribution >= 4 is 11.5 Å². The molecule has 2 aromatic rings. The number of nitrogens with one attached hydrogen (secondary N) is 1. The van der Waals surface area contributed by atoms with Gasteiger partial charge >= 0.3 is 0 Å². The van der Waals surface area contributed by atoms with E-state index in [0.717, 1.165) is 34.5 Å². The molecule has 0 amide bonds. The molecule has 1 unspecified atom stereocenters. The van der Waals surface area contributed by atoms with E-state index < -0.39 is 0 Å². The number of hydrogen-bond acceptors (Lipinski definition) is 3. The van der Waals surface area contributed by atoms with Gasteiger partial charge in [-0.1, -0.05) is 30.3 Å².